The fraction of sp³-hybridized carbons (Fsp3) is 0.267. The standard InChI is InChI=1S/C15H16O3/c1-17-8-7-11-9-12-5-3-4-6-13(12)14(10-11)15(16)18-2/h3-6,9-10H,7-8H2,1-2H3. The second kappa shape index (κ2) is 5.65. The van der Waals surface area contributed by atoms with Gasteiger partial charge in [-0.25, -0.2) is 4.79 Å². The van der Waals surface area contributed by atoms with Gasteiger partial charge >= 0.3 is 5.97 Å². The number of hydrogen-bond acceptors (Lipinski definition) is 3. The summed E-state index contributed by atoms with van der Waals surface area (Å²) in [4.78, 5) is 11.8. The van der Waals surface area contributed by atoms with Crippen molar-refractivity contribution in [2.24, 2.45) is 0 Å². The van der Waals surface area contributed by atoms with Crippen LogP contribution >= 0.6 is 0 Å². The van der Waals surface area contributed by atoms with Crippen LogP contribution in [0.4, 0.5) is 0 Å². The van der Waals surface area contributed by atoms with Crippen LogP contribution in [0.15, 0.2) is 36.4 Å². The maximum Gasteiger partial charge on any atom is 0.338 e. The molecule has 0 bridgehead atoms. The zero-order valence-electron chi connectivity index (χ0n) is 10.6. The number of benzene rings is 2. The van der Waals surface area contributed by atoms with Crippen molar-refractivity contribution in [3.63, 3.8) is 0 Å². The van der Waals surface area contributed by atoms with Gasteiger partial charge in [0.05, 0.1) is 19.3 Å². The zero-order valence-corrected chi connectivity index (χ0v) is 10.6. The van der Waals surface area contributed by atoms with Crippen LogP contribution in [0.3, 0.4) is 0 Å². The Morgan fingerprint density at radius 2 is 1.94 bits per heavy atom. The van der Waals surface area contributed by atoms with Gasteiger partial charge in [0.2, 0.25) is 0 Å². The van der Waals surface area contributed by atoms with E-state index in [9.17, 15) is 4.79 Å². The summed E-state index contributed by atoms with van der Waals surface area (Å²) in [5.41, 5.74) is 1.69. The van der Waals surface area contributed by atoms with Crippen LogP contribution in [0.25, 0.3) is 10.8 Å². The molecule has 0 spiro atoms. The van der Waals surface area contributed by atoms with Crippen LogP contribution in [-0.2, 0) is 15.9 Å². The van der Waals surface area contributed by atoms with E-state index >= 15 is 0 Å². The molecule has 0 fully saturated rings. The lowest BCUT2D eigenvalue weighted by atomic mass is 9.99. The molecule has 3 heteroatoms. The molecule has 0 atom stereocenters. The van der Waals surface area contributed by atoms with E-state index in [1.54, 1.807) is 7.11 Å². The molecule has 94 valence electrons. The lowest BCUT2D eigenvalue weighted by Gasteiger charge is -2.08. The molecule has 18 heavy (non-hydrogen) atoms. The minimum Gasteiger partial charge on any atom is -0.465 e. The summed E-state index contributed by atoms with van der Waals surface area (Å²) in [6.45, 7) is 0.638. The summed E-state index contributed by atoms with van der Waals surface area (Å²) < 4.78 is 9.90. The van der Waals surface area contributed by atoms with Gasteiger partial charge in [0.25, 0.3) is 0 Å². The monoisotopic (exact) mass is 244 g/mol. The number of esters is 1. The highest BCUT2D eigenvalue weighted by molar-refractivity contribution is 6.04. The van der Waals surface area contributed by atoms with Crippen molar-refractivity contribution < 1.29 is 14.3 Å². The number of rotatable bonds is 4. The minimum atomic E-state index is -0.300. The predicted molar refractivity (Wildman–Crippen MR) is 70.9 cm³/mol. The van der Waals surface area contributed by atoms with Crippen molar-refractivity contribution in [2.45, 2.75) is 6.42 Å². The van der Waals surface area contributed by atoms with Crippen molar-refractivity contribution in [3.8, 4) is 0 Å². The first-order chi connectivity index (χ1) is 8.76. The van der Waals surface area contributed by atoms with E-state index in [2.05, 4.69) is 6.07 Å². The SMILES string of the molecule is COCCc1cc(C(=O)OC)c2ccccc2c1. The molecule has 3 nitrogen and oxygen atoms in total. The van der Waals surface area contributed by atoms with Crippen molar-refractivity contribution >= 4 is 16.7 Å². The fourth-order valence-electron chi connectivity index (χ4n) is 2.02. The van der Waals surface area contributed by atoms with Crippen LogP contribution in [0, 0.1) is 0 Å². The number of fused-ring (bicyclic) bond motifs is 1. The third-order valence-electron chi connectivity index (χ3n) is 2.92. The minimum absolute atomic E-state index is 0.300. The first-order valence-electron chi connectivity index (χ1n) is 5.85. The largest absolute Gasteiger partial charge is 0.465 e. The first-order valence-corrected chi connectivity index (χ1v) is 5.85. The van der Waals surface area contributed by atoms with E-state index < -0.39 is 0 Å². The number of ether oxygens (including phenoxy) is 2. The van der Waals surface area contributed by atoms with Crippen molar-refractivity contribution in [3.05, 3.63) is 47.5 Å². The normalized spacial score (nSPS) is 10.6. The molecule has 0 aliphatic carbocycles. The second-order valence-corrected chi connectivity index (χ2v) is 4.10. The van der Waals surface area contributed by atoms with E-state index in [-0.39, 0.29) is 5.97 Å². The Morgan fingerprint density at radius 3 is 2.67 bits per heavy atom. The van der Waals surface area contributed by atoms with E-state index in [1.165, 1.54) is 7.11 Å². The average molecular weight is 244 g/mol. The molecule has 0 aliphatic heterocycles. The fourth-order valence-corrected chi connectivity index (χ4v) is 2.02. The summed E-state index contributed by atoms with van der Waals surface area (Å²) in [5.74, 6) is -0.300. The molecule has 2 aromatic carbocycles. The highest BCUT2D eigenvalue weighted by Gasteiger charge is 2.11. The van der Waals surface area contributed by atoms with Crippen LogP contribution in [0.5, 0.6) is 0 Å². The van der Waals surface area contributed by atoms with E-state index in [0.717, 1.165) is 22.8 Å². The van der Waals surface area contributed by atoms with Gasteiger partial charge in [0, 0.05) is 7.11 Å². The molecular weight excluding hydrogens is 228 g/mol. The molecule has 0 aliphatic rings. The van der Waals surface area contributed by atoms with Gasteiger partial charge in [-0.15, -0.1) is 0 Å². The highest BCUT2D eigenvalue weighted by Crippen LogP contribution is 2.22. The van der Waals surface area contributed by atoms with Crippen LogP contribution < -0.4 is 0 Å². The number of methoxy groups -OCH3 is 2. The molecule has 0 radical (unpaired) electrons. The predicted octanol–water partition coefficient (Wildman–Crippen LogP) is 2.82. The summed E-state index contributed by atoms with van der Waals surface area (Å²) in [7, 11) is 3.07. The van der Waals surface area contributed by atoms with E-state index in [1.807, 2.05) is 30.3 Å². The Bertz CT molecular complexity index is 561. The summed E-state index contributed by atoms with van der Waals surface area (Å²) >= 11 is 0. The van der Waals surface area contributed by atoms with Gasteiger partial charge in [-0.1, -0.05) is 30.3 Å². The van der Waals surface area contributed by atoms with Gasteiger partial charge in [0.1, 0.15) is 0 Å². The molecule has 0 N–H and O–H groups in total. The Kier molecular flexibility index (Phi) is 3.95. The molecule has 0 unspecified atom stereocenters. The van der Waals surface area contributed by atoms with Gasteiger partial charge < -0.3 is 9.47 Å². The number of carbonyl (C=O) groups excluding carboxylic acids is 1. The smallest absolute Gasteiger partial charge is 0.338 e. The van der Waals surface area contributed by atoms with Crippen LogP contribution in [0.2, 0.25) is 0 Å². The molecule has 2 aromatic rings. The molecular formula is C15H16O3. The Balaban J connectivity index is 2.53. The van der Waals surface area contributed by atoms with Crippen LogP contribution in [-0.4, -0.2) is 26.8 Å². The molecule has 0 aromatic heterocycles. The summed E-state index contributed by atoms with van der Waals surface area (Å²) in [6, 6.07) is 11.8. The maximum absolute atomic E-state index is 11.8. The molecule has 0 amide bonds. The molecule has 0 heterocycles. The van der Waals surface area contributed by atoms with E-state index in [4.69, 9.17) is 9.47 Å². The number of carbonyl (C=O) groups is 1. The maximum atomic E-state index is 11.8. The first kappa shape index (κ1) is 12.6. The lowest BCUT2D eigenvalue weighted by molar-refractivity contribution is 0.0603. The molecule has 0 saturated carbocycles. The Labute approximate surface area is 106 Å². The summed E-state index contributed by atoms with van der Waals surface area (Å²) in [6.07, 6.45) is 0.783. The third-order valence-corrected chi connectivity index (χ3v) is 2.92. The van der Waals surface area contributed by atoms with Crippen molar-refractivity contribution in [2.75, 3.05) is 20.8 Å². The van der Waals surface area contributed by atoms with E-state index in [0.29, 0.717) is 12.2 Å². The second-order valence-electron chi connectivity index (χ2n) is 4.10. The average Bonchev–Trinajstić information content (AvgIpc) is 2.43. The quantitative estimate of drug-likeness (QED) is 0.776. The molecule has 0 saturated heterocycles. The van der Waals surface area contributed by atoms with Gasteiger partial charge in [-0.2, -0.15) is 0 Å². The Morgan fingerprint density at radius 1 is 1.17 bits per heavy atom. The molecule has 2 rings (SSSR count). The third kappa shape index (κ3) is 2.51. The lowest BCUT2D eigenvalue weighted by Crippen LogP contribution is -2.04. The number of hydrogen-bond donors (Lipinski definition) is 0. The van der Waals surface area contributed by atoms with Gasteiger partial charge in [-0.05, 0) is 28.8 Å². The topological polar surface area (TPSA) is 35.5 Å². The van der Waals surface area contributed by atoms with Crippen molar-refractivity contribution in [1.29, 1.82) is 0 Å². The van der Waals surface area contributed by atoms with Gasteiger partial charge in [0.15, 0.2) is 0 Å². The van der Waals surface area contributed by atoms with Gasteiger partial charge in [-0.3, -0.25) is 0 Å². The highest BCUT2D eigenvalue weighted by atomic mass is 16.5. The van der Waals surface area contributed by atoms with Crippen LogP contribution in [0.1, 0.15) is 15.9 Å². The van der Waals surface area contributed by atoms with Crippen molar-refractivity contribution in [1.82, 2.24) is 0 Å². The summed E-state index contributed by atoms with van der Waals surface area (Å²) in [5, 5.41) is 1.97. The zero-order chi connectivity index (χ0) is 13.0. The Hall–Kier alpha value is -1.87.